The Morgan fingerprint density at radius 1 is 1.14 bits per heavy atom. The van der Waals surface area contributed by atoms with Gasteiger partial charge in [-0.05, 0) is 41.5 Å². The van der Waals surface area contributed by atoms with Crippen molar-refractivity contribution in [2.75, 3.05) is 19.2 Å². The molecule has 0 amide bonds. The van der Waals surface area contributed by atoms with Crippen molar-refractivity contribution in [3.8, 4) is 21.9 Å². The Hall–Kier alpha value is -3.10. The van der Waals surface area contributed by atoms with Crippen LogP contribution in [-0.2, 0) is 11.3 Å². The number of carbonyl (C=O) groups is 1. The zero-order chi connectivity index (χ0) is 20.2. The summed E-state index contributed by atoms with van der Waals surface area (Å²) in [4.78, 5) is 13.2. The summed E-state index contributed by atoms with van der Waals surface area (Å²) >= 11 is 6.87. The van der Waals surface area contributed by atoms with Gasteiger partial charge in [0, 0.05) is 11.4 Å². The molecule has 4 rings (SSSR count). The number of thiophene rings is 1. The topological polar surface area (TPSA) is 68.8 Å². The summed E-state index contributed by atoms with van der Waals surface area (Å²) in [5.74, 6) is 1.05. The van der Waals surface area contributed by atoms with E-state index < -0.39 is 5.97 Å². The van der Waals surface area contributed by atoms with E-state index in [4.69, 9.17) is 26.4 Å². The Balaban J connectivity index is 1.47. The van der Waals surface area contributed by atoms with Crippen LogP contribution >= 0.6 is 23.6 Å². The number of hydrogen-bond donors (Lipinski definition) is 2. The normalized spacial score (nSPS) is 11.8. The van der Waals surface area contributed by atoms with Crippen molar-refractivity contribution in [3.05, 3.63) is 65.7 Å². The number of hydrogen-bond acceptors (Lipinski definition) is 6. The first kappa shape index (κ1) is 19.2. The van der Waals surface area contributed by atoms with Crippen LogP contribution in [-0.4, -0.2) is 25.0 Å². The largest absolute Gasteiger partial charge is 0.465 e. The lowest BCUT2D eigenvalue weighted by Gasteiger charge is -2.11. The van der Waals surface area contributed by atoms with Crippen molar-refractivity contribution >= 4 is 39.6 Å². The minimum Gasteiger partial charge on any atom is -0.465 e. The average Bonchev–Trinajstić information content (AvgIpc) is 3.39. The quantitative estimate of drug-likeness (QED) is 0.462. The summed E-state index contributed by atoms with van der Waals surface area (Å²) < 4.78 is 15.6. The highest BCUT2D eigenvalue weighted by atomic mass is 32.1. The van der Waals surface area contributed by atoms with Gasteiger partial charge in [-0.25, -0.2) is 4.79 Å². The van der Waals surface area contributed by atoms with Crippen molar-refractivity contribution in [1.82, 2.24) is 5.32 Å². The van der Waals surface area contributed by atoms with Crippen LogP contribution in [0.1, 0.15) is 15.9 Å². The molecule has 1 aliphatic heterocycles. The Morgan fingerprint density at radius 2 is 1.93 bits per heavy atom. The van der Waals surface area contributed by atoms with Crippen molar-refractivity contribution in [3.63, 3.8) is 0 Å². The highest BCUT2D eigenvalue weighted by molar-refractivity contribution is 7.80. The maximum atomic E-state index is 12.2. The lowest BCUT2D eigenvalue weighted by molar-refractivity contribution is 0.0602. The van der Waals surface area contributed by atoms with E-state index in [1.807, 2.05) is 54.6 Å². The second kappa shape index (κ2) is 8.50. The Morgan fingerprint density at radius 3 is 2.72 bits per heavy atom. The molecule has 148 valence electrons. The van der Waals surface area contributed by atoms with Crippen LogP contribution in [0.4, 0.5) is 5.00 Å². The molecule has 0 fully saturated rings. The standard InChI is InChI=1S/C21H18N2O4S2/c1-25-20(24)15-10-18(14-5-3-2-4-6-14)29-19(15)23-21(28)22-11-13-7-8-16-17(9-13)27-12-26-16/h2-10H,11-12H2,1H3,(H2,22,23,28). The van der Waals surface area contributed by atoms with Crippen LogP contribution in [0.5, 0.6) is 11.5 Å². The third-order valence-corrected chi connectivity index (χ3v) is 5.66. The fourth-order valence-corrected chi connectivity index (χ4v) is 4.17. The van der Waals surface area contributed by atoms with Gasteiger partial charge in [0.15, 0.2) is 16.6 Å². The summed E-state index contributed by atoms with van der Waals surface area (Å²) in [5, 5.41) is 7.32. The molecule has 0 saturated heterocycles. The van der Waals surface area contributed by atoms with Crippen LogP contribution in [0.15, 0.2) is 54.6 Å². The molecule has 8 heteroatoms. The van der Waals surface area contributed by atoms with Gasteiger partial charge in [-0.15, -0.1) is 11.3 Å². The number of methoxy groups -OCH3 is 1. The van der Waals surface area contributed by atoms with Crippen molar-refractivity contribution in [2.45, 2.75) is 6.54 Å². The minimum atomic E-state index is -0.412. The number of ether oxygens (including phenoxy) is 3. The molecule has 0 saturated carbocycles. The lowest BCUT2D eigenvalue weighted by Crippen LogP contribution is -2.28. The molecule has 0 spiro atoms. The smallest absolute Gasteiger partial charge is 0.340 e. The number of esters is 1. The summed E-state index contributed by atoms with van der Waals surface area (Å²) in [6.07, 6.45) is 0. The SMILES string of the molecule is COC(=O)c1cc(-c2ccccc2)sc1NC(=S)NCc1ccc2c(c1)OCO2. The van der Waals surface area contributed by atoms with E-state index in [0.717, 1.165) is 27.5 Å². The van der Waals surface area contributed by atoms with Crippen molar-refractivity contribution < 1.29 is 19.0 Å². The van der Waals surface area contributed by atoms with E-state index in [1.54, 1.807) is 0 Å². The molecular formula is C21H18N2O4S2. The monoisotopic (exact) mass is 426 g/mol. The Kier molecular flexibility index (Phi) is 5.64. The average molecular weight is 427 g/mol. The number of benzene rings is 2. The van der Waals surface area contributed by atoms with Gasteiger partial charge >= 0.3 is 5.97 Å². The number of rotatable bonds is 5. The number of anilines is 1. The second-order valence-electron chi connectivity index (χ2n) is 6.21. The first-order valence-electron chi connectivity index (χ1n) is 8.85. The molecule has 2 N–H and O–H groups in total. The van der Waals surface area contributed by atoms with Gasteiger partial charge in [0.1, 0.15) is 5.00 Å². The van der Waals surface area contributed by atoms with E-state index >= 15 is 0 Å². The fraction of sp³-hybridized carbons (Fsp3) is 0.143. The van der Waals surface area contributed by atoms with E-state index in [9.17, 15) is 4.79 Å². The maximum Gasteiger partial charge on any atom is 0.340 e. The Labute approximate surface area is 177 Å². The van der Waals surface area contributed by atoms with Crippen LogP contribution in [0.3, 0.4) is 0 Å². The van der Waals surface area contributed by atoms with Gasteiger partial charge in [0.25, 0.3) is 0 Å². The predicted octanol–water partition coefficient (Wildman–Crippen LogP) is 4.42. The van der Waals surface area contributed by atoms with Crippen LogP contribution in [0, 0.1) is 0 Å². The van der Waals surface area contributed by atoms with E-state index in [0.29, 0.717) is 22.2 Å². The van der Waals surface area contributed by atoms with Gasteiger partial charge in [-0.1, -0.05) is 36.4 Å². The summed E-state index contributed by atoms with van der Waals surface area (Å²) in [6, 6.07) is 17.4. The molecule has 2 aromatic carbocycles. The van der Waals surface area contributed by atoms with Crippen LogP contribution in [0.25, 0.3) is 10.4 Å². The van der Waals surface area contributed by atoms with E-state index in [1.165, 1.54) is 18.4 Å². The molecule has 0 unspecified atom stereocenters. The lowest BCUT2D eigenvalue weighted by atomic mass is 10.1. The number of carbonyl (C=O) groups excluding carboxylic acids is 1. The third-order valence-electron chi connectivity index (χ3n) is 4.31. The molecule has 0 atom stereocenters. The Bertz CT molecular complexity index is 1050. The number of fused-ring (bicyclic) bond motifs is 1. The fourth-order valence-electron chi connectivity index (χ4n) is 2.87. The second-order valence-corrected chi connectivity index (χ2v) is 7.67. The van der Waals surface area contributed by atoms with Gasteiger partial charge in [0.05, 0.1) is 12.7 Å². The molecule has 0 radical (unpaired) electrons. The molecule has 6 nitrogen and oxygen atoms in total. The van der Waals surface area contributed by atoms with Crippen molar-refractivity contribution in [1.29, 1.82) is 0 Å². The maximum absolute atomic E-state index is 12.2. The van der Waals surface area contributed by atoms with Crippen LogP contribution in [0.2, 0.25) is 0 Å². The predicted molar refractivity (Wildman–Crippen MR) is 117 cm³/mol. The van der Waals surface area contributed by atoms with Gasteiger partial charge in [-0.2, -0.15) is 0 Å². The molecule has 1 aliphatic rings. The van der Waals surface area contributed by atoms with E-state index in [2.05, 4.69) is 10.6 Å². The van der Waals surface area contributed by atoms with Gasteiger partial charge < -0.3 is 24.8 Å². The first-order chi connectivity index (χ1) is 14.1. The molecule has 0 bridgehead atoms. The highest BCUT2D eigenvalue weighted by Crippen LogP contribution is 2.36. The number of nitrogens with one attached hydrogen (secondary N) is 2. The number of thiocarbonyl (C=S) groups is 1. The minimum absolute atomic E-state index is 0.241. The summed E-state index contributed by atoms with van der Waals surface area (Å²) in [5.41, 5.74) is 2.47. The van der Waals surface area contributed by atoms with Crippen molar-refractivity contribution in [2.24, 2.45) is 0 Å². The molecular weight excluding hydrogens is 408 g/mol. The van der Waals surface area contributed by atoms with Crippen LogP contribution < -0.4 is 20.1 Å². The van der Waals surface area contributed by atoms with E-state index in [-0.39, 0.29) is 6.79 Å². The van der Waals surface area contributed by atoms with Gasteiger partial charge in [-0.3, -0.25) is 0 Å². The first-order valence-corrected chi connectivity index (χ1v) is 10.1. The highest BCUT2D eigenvalue weighted by Gasteiger charge is 2.19. The third kappa shape index (κ3) is 4.33. The zero-order valence-electron chi connectivity index (χ0n) is 15.6. The molecule has 1 aromatic heterocycles. The molecule has 2 heterocycles. The summed E-state index contributed by atoms with van der Waals surface area (Å²) in [6.45, 7) is 0.748. The molecule has 0 aliphatic carbocycles. The zero-order valence-corrected chi connectivity index (χ0v) is 17.2. The molecule has 29 heavy (non-hydrogen) atoms. The molecule has 3 aromatic rings. The summed E-state index contributed by atoms with van der Waals surface area (Å²) in [7, 11) is 1.36. The van der Waals surface area contributed by atoms with Gasteiger partial charge in [0.2, 0.25) is 6.79 Å².